The summed E-state index contributed by atoms with van der Waals surface area (Å²) in [5.41, 5.74) is 2.23. The van der Waals surface area contributed by atoms with Crippen molar-refractivity contribution in [3.05, 3.63) is 28.3 Å². The normalized spacial score (nSPS) is 10.5. The van der Waals surface area contributed by atoms with Crippen LogP contribution in [0.5, 0.6) is 5.75 Å². The average Bonchev–Trinajstić information content (AvgIpc) is 2.24. The molecule has 1 aromatic carbocycles. The zero-order valence-electron chi connectivity index (χ0n) is 9.72. The maximum absolute atomic E-state index is 6.03. The van der Waals surface area contributed by atoms with E-state index < -0.39 is 0 Å². The van der Waals surface area contributed by atoms with E-state index >= 15 is 0 Å². The molecule has 2 nitrogen and oxygen atoms in total. The maximum Gasteiger partial charge on any atom is 0.125 e. The lowest BCUT2D eigenvalue weighted by Crippen LogP contribution is -2.19. The van der Waals surface area contributed by atoms with Gasteiger partial charge in [-0.15, -0.1) is 0 Å². The molecular weight excluding hydrogens is 242 g/mol. The van der Waals surface area contributed by atoms with Crippen LogP contribution in [-0.4, -0.2) is 26.0 Å². The van der Waals surface area contributed by atoms with Gasteiger partial charge in [-0.05, 0) is 43.1 Å². The Kier molecular flexibility index (Phi) is 6.03. The van der Waals surface area contributed by atoms with Gasteiger partial charge in [0.2, 0.25) is 0 Å². The smallest absolute Gasteiger partial charge is 0.125 e. The van der Waals surface area contributed by atoms with Crippen LogP contribution in [0.25, 0.3) is 0 Å². The lowest BCUT2D eigenvalue weighted by Gasteiger charge is -2.12. The van der Waals surface area contributed by atoms with Crippen LogP contribution in [0, 0.1) is 6.92 Å². The predicted octanol–water partition coefficient (Wildman–Crippen LogP) is 2.72. The molecule has 1 rings (SSSR count). The molecular formula is C12H18ClNOS. The Hall–Kier alpha value is -0.380. The van der Waals surface area contributed by atoms with Crippen LogP contribution in [0.4, 0.5) is 0 Å². The molecule has 16 heavy (non-hydrogen) atoms. The van der Waals surface area contributed by atoms with E-state index in [1.165, 1.54) is 0 Å². The Morgan fingerprint density at radius 3 is 2.75 bits per heavy atom. The minimum Gasteiger partial charge on any atom is -0.496 e. The van der Waals surface area contributed by atoms with Crippen molar-refractivity contribution >= 4 is 24.2 Å². The maximum atomic E-state index is 6.03. The number of benzene rings is 1. The Labute approximate surface area is 108 Å². The Balaban J connectivity index is 2.69. The fourth-order valence-corrected chi connectivity index (χ4v) is 2.16. The summed E-state index contributed by atoms with van der Waals surface area (Å²) in [5, 5.41) is 4.06. The summed E-state index contributed by atoms with van der Waals surface area (Å²) >= 11 is 10.2. The Bertz CT molecular complexity index is 344. The number of thiol groups is 1. The molecule has 0 atom stereocenters. The standard InChI is InChI=1S/C12H18ClNOS/c1-9-7-11(13)8-10(12(9)15-2)3-4-14-5-6-16/h7-8,14,16H,3-6H2,1-2H3. The van der Waals surface area contributed by atoms with Crippen LogP contribution in [0.15, 0.2) is 12.1 Å². The van der Waals surface area contributed by atoms with Gasteiger partial charge in [-0.1, -0.05) is 11.6 Å². The molecule has 0 saturated heterocycles. The van der Waals surface area contributed by atoms with Crippen molar-refractivity contribution in [3.8, 4) is 5.75 Å². The molecule has 0 aromatic heterocycles. The van der Waals surface area contributed by atoms with Crippen molar-refractivity contribution in [3.63, 3.8) is 0 Å². The van der Waals surface area contributed by atoms with Gasteiger partial charge in [0, 0.05) is 17.3 Å². The molecule has 0 fully saturated rings. The number of ether oxygens (including phenoxy) is 1. The second kappa shape index (κ2) is 7.05. The van der Waals surface area contributed by atoms with E-state index in [2.05, 4.69) is 17.9 Å². The van der Waals surface area contributed by atoms with Gasteiger partial charge in [0.15, 0.2) is 0 Å². The molecule has 0 aliphatic rings. The van der Waals surface area contributed by atoms with Crippen molar-refractivity contribution < 1.29 is 4.74 Å². The number of methoxy groups -OCH3 is 1. The van der Waals surface area contributed by atoms with Gasteiger partial charge in [0.25, 0.3) is 0 Å². The van der Waals surface area contributed by atoms with Gasteiger partial charge in [-0.2, -0.15) is 12.6 Å². The molecule has 1 N–H and O–H groups in total. The highest BCUT2D eigenvalue weighted by Gasteiger charge is 2.07. The number of nitrogens with one attached hydrogen (secondary N) is 1. The molecule has 4 heteroatoms. The highest BCUT2D eigenvalue weighted by atomic mass is 35.5. The van der Waals surface area contributed by atoms with E-state index in [0.717, 1.165) is 47.2 Å². The van der Waals surface area contributed by atoms with Crippen LogP contribution in [-0.2, 0) is 6.42 Å². The second-order valence-electron chi connectivity index (χ2n) is 3.64. The van der Waals surface area contributed by atoms with E-state index in [1.54, 1.807) is 7.11 Å². The van der Waals surface area contributed by atoms with Crippen LogP contribution in [0.1, 0.15) is 11.1 Å². The first kappa shape index (κ1) is 13.7. The largest absolute Gasteiger partial charge is 0.496 e. The molecule has 1 aromatic rings. The molecule has 0 unspecified atom stereocenters. The molecule has 0 aliphatic heterocycles. The van der Waals surface area contributed by atoms with Crippen LogP contribution in [0.3, 0.4) is 0 Å². The third kappa shape index (κ3) is 3.89. The van der Waals surface area contributed by atoms with Gasteiger partial charge in [-0.3, -0.25) is 0 Å². The fourth-order valence-electron chi connectivity index (χ4n) is 1.70. The SMILES string of the molecule is COc1c(C)cc(Cl)cc1CCNCCS. The molecule has 0 saturated carbocycles. The summed E-state index contributed by atoms with van der Waals surface area (Å²) in [7, 11) is 1.70. The quantitative estimate of drug-likeness (QED) is 0.606. The highest BCUT2D eigenvalue weighted by molar-refractivity contribution is 7.80. The van der Waals surface area contributed by atoms with Gasteiger partial charge in [-0.25, -0.2) is 0 Å². The minimum atomic E-state index is 0.766. The monoisotopic (exact) mass is 259 g/mol. The summed E-state index contributed by atoms with van der Waals surface area (Å²) in [6.45, 7) is 3.84. The molecule has 0 aliphatic carbocycles. The summed E-state index contributed by atoms with van der Waals surface area (Å²) in [5.74, 6) is 1.79. The Morgan fingerprint density at radius 1 is 1.38 bits per heavy atom. The van der Waals surface area contributed by atoms with Gasteiger partial charge >= 0.3 is 0 Å². The number of hydrogen-bond donors (Lipinski definition) is 2. The van der Waals surface area contributed by atoms with Crippen molar-refractivity contribution in [2.24, 2.45) is 0 Å². The van der Waals surface area contributed by atoms with E-state index in [-0.39, 0.29) is 0 Å². The number of aryl methyl sites for hydroxylation is 1. The first-order valence-corrected chi connectivity index (χ1v) is 6.34. The molecule has 0 spiro atoms. The first-order valence-electron chi connectivity index (χ1n) is 5.33. The van der Waals surface area contributed by atoms with Crippen molar-refractivity contribution in [1.82, 2.24) is 5.32 Å². The molecule has 0 bridgehead atoms. The molecule has 0 radical (unpaired) electrons. The van der Waals surface area contributed by atoms with E-state index in [0.29, 0.717) is 0 Å². The fraction of sp³-hybridized carbons (Fsp3) is 0.500. The van der Waals surface area contributed by atoms with Crippen molar-refractivity contribution in [1.29, 1.82) is 0 Å². The lowest BCUT2D eigenvalue weighted by molar-refractivity contribution is 0.406. The number of halogens is 1. The highest BCUT2D eigenvalue weighted by Crippen LogP contribution is 2.27. The second-order valence-corrected chi connectivity index (χ2v) is 4.52. The van der Waals surface area contributed by atoms with Crippen LogP contribution < -0.4 is 10.1 Å². The lowest BCUT2D eigenvalue weighted by atomic mass is 10.1. The van der Waals surface area contributed by atoms with Gasteiger partial charge in [0.1, 0.15) is 5.75 Å². The van der Waals surface area contributed by atoms with Gasteiger partial charge < -0.3 is 10.1 Å². The predicted molar refractivity (Wildman–Crippen MR) is 73.2 cm³/mol. The topological polar surface area (TPSA) is 21.3 Å². The van der Waals surface area contributed by atoms with Gasteiger partial charge in [0.05, 0.1) is 7.11 Å². The zero-order chi connectivity index (χ0) is 12.0. The third-order valence-electron chi connectivity index (χ3n) is 2.38. The molecule has 90 valence electrons. The van der Waals surface area contributed by atoms with Crippen LogP contribution in [0.2, 0.25) is 5.02 Å². The number of hydrogen-bond acceptors (Lipinski definition) is 3. The average molecular weight is 260 g/mol. The summed E-state index contributed by atoms with van der Waals surface area (Å²) in [4.78, 5) is 0. The molecule has 0 amide bonds. The van der Waals surface area contributed by atoms with Crippen LogP contribution >= 0.6 is 24.2 Å². The van der Waals surface area contributed by atoms with E-state index in [9.17, 15) is 0 Å². The van der Waals surface area contributed by atoms with Crippen molar-refractivity contribution in [2.75, 3.05) is 26.0 Å². The first-order chi connectivity index (χ1) is 7.69. The Morgan fingerprint density at radius 2 is 2.12 bits per heavy atom. The summed E-state index contributed by atoms with van der Waals surface area (Å²) in [6, 6.07) is 3.89. The third-order valence-corrected chi connectivity index (χ3v) is 2.82. The number of rotatable bonds is 6. The van der Waals surface area contributed by atoms with Crippen molar-refractivity contribution in [2.45, 2.75) is 13.3 Å². The summed E-state index contributed by atoms with van der Waals surface area (Å²) in [6.07, 6.45) is 0.915. The zero-order valence-corrected chi connectivity index (χ0v) is 11.4. The minimum absolute atomic E-state index is 0.766. The summed E-state index contributed by atoms with van der Waals surface area (Å²) < 4.78 is 5.39. The van der Waals surface area contributed by atoms with E-state index in [4.69, 9.17) is 16.3 Å². The van der Waals surface area contributed by atoms with E-state index in [1.807, 2.05) is 19.1 Å². The molecule has 0 heterocycles.